The highest BCUT2D eigenvalue weighted by molar-refractivity contribution is 7.17. The van der Waals surface area contributed by atoms with Crippen molar-refractivity contribution in [2.45, 2.75) is 39.5 Å². The van der Waals surface area contributed by atoms with Crippen LogP contribution in [0.2, 0.25) is 0 Å². The molecule has 96 valence electrons. The molecule has 0 bridgehead atoms. The number of carboxylic acid groups (broad SMARTS) is 1. The molecule has 0 spiro atoms. The van der Waals surface area contributed by atoms with Gasteiger partial charge < -0.3 is 5.11 Å². The third kappa shape index (κ3) is 1.25. The Hall–Kier alpha value is -1.36. The first-order valence-electron chi connectivity index (χ1n) is 5.98. The molecule has 0 aromatic carbocycles. The van der Waals surface area contributed by atoms with Gasteiger partial charge in [0.15, 0.2) is 10.7 Å². The van der Waals surface area contributed by atoms with E-state index in [4.69, 9.17) is 5.11 Å². The molecular weight excluding hydrogens is 248 g/mol. The maximum Gasteiger partial charge on any atom is 0.356 e. The van der Waals surface area contributed by atoms with Gasteiger partial charge in [0.1, 0.15) is 0 Å². The lowest BCUT2D eigenvalue weighted by Gasteiger charge is -2.34. The molecule has 0 amide bonds. The molecule has 0 atom stereocenters. The maximum atomic E-state index is 11.0. The Bertz CT molecular complexity index is 664. The Morgan fingerprint density at radius 3 is 2.72 bits per heavy atom. The Labute approximate surface area is 109 Å². The quantitative estimate of drug-likeness (QED) is 0.861. The summed E-state index contributed by atoms with van der Waals surface area (Å²) in [6, 6.07) is 0. The lowest BCUT2D eigenvalue weighted by molar-refractivity contribution is 0.0691. The van der Waals surface area contributed by atoms with Gasteiger partial charge in [-0.25, -0.2) is 9.78 Å². The first-order valence-corrected chi connectivity index (χ1v) is 6.80. The molecule has 3 rings (SSSR count). The fraction of sp³-hybridized carbons (Fsp3) is 0.538. The average Bonchev–Trinajstić information content (AvgIpc) is 2.80. The Morgan fingerprint density at radius 1 is 1.44 bits per heavy atom. The van der Waals surface area contributed by atoms with Crippen molar-refractivity contribution < 1.29 is 9.90 Å². The molecule has 2 aromatic rings. The Morgan fingerprint density at radius 2 is 2.11 bits per heavy atom. The van der Waals surface area contributed by atoms with Gasteiger partial charge in [0, 0.05) is 22.2 Å². The first kappa shape index (κ1) is 11.7. The van der Waals surface area contributed by atoms with Crippen LogP contribution in [0.5, 0.6) is 0 Å². The summed E-state index contributed by atoms with van der Waals surface area (Å²) in [6.07, 6.45) is 2.61. The zero-order chi connectivity index (χ0) is 13.3. The van der Waals surface area contributed by atoms with Crippen LogP contribution in [-0.2, 0) is 11.8 Å². The van der Waals surface area contributed by atoms with Crippen LogP contribution in [0, 0.1) is 5.41 Å². The molecule has 0 saturated carbocycles. The van der Waals surface area contributed by atoms with E-state index in [2.05, 4.69) is 32.7 Å². The van der Waals surface area contributed by atoms with E-state index in [-0.39, 0.29) is 16.5 Å². The number of carboxylic acids is 1. The standard InChI is InChI=1S/C13H16N2O2S/c1-12(2)5-8-9(13(12,3)4)18-11-14-7(10(16)17)6-15(8)11/h6H,5H2,1-4H3,(H,16,17). The van der Waals surface area contributed by atoms with Crippen molar-refractivity contribution in [3.63, 3.8) is 0 Å². The molecular formula is C13H16N2O2S. The highest BCUT2D eigenvalue weighted by atomic mass is 32.1. The van der Waals surface area contributed by atoms with Crippen molar-refractivity contribution >= 4 is 22.3 Å². The number of aromatic carboxylic acids is 1. The molecule has 0 saturated heterocycles. The number of nitrogens with zero attached hydrogens (tertiary/aromatic N) is 2. The van der Waals surface area contributed by atoms with E-state index < -0.39 is 5.97 Å². The van der Waals surface area contributed by atoms with Gasteiger partial charge in [-0.1, -0.05) is 27.7 Å². The Balaban J connectivity index is 2.24. The zero-order valence-electron chi connectivity index (χ0n) is 10.9. The second-order valence-electron chi connectivity index (χ2n) is 6.15. The number of imidazole rings is 1. The lowest BCUT2D eigenvalue weighted by Crippen LogP contribution is -2.31. The predicted octanol–water partition coefficient (Wildman–Crippen LogP) is 2.95. The summed E-state index contributed by atoms with van der Waals surface area (Å²) in [7, 11) is 0. The van der Waals surface area contributed by atoms with Gasteiger partial charge in [0.05, 0.1) is 0 Å². The average molecular weight is 264 g/mol. The number of hydrogen-bond acceptors (Lipinski definition) is 3. The van der Waals surface area contributed by atoms with Crippen molar-refractivity contribution in [1.29, 1.82) is 0 Å². The van der Waals surface area contributed by atoms with Gasteiger partial charge in [-0.05, 0) is 11.8 Å². The summed E-state index contributed by atoms with van der Waals surface area (Å²) in [4.78, 5) is 17.3. The third-order valence-electron chi connectivity index (χ3n) is 4.51. The van der Waals surface area contributed by atoms with Gasteiger partial charge in [-0.2, -0.15) is 0 Å². The fourth-order valence-electron chi connectivity index (χ4n) is 2.59. The van der Waals surface area contributed by atoms with Crippen LogP contribution in [0.25, 0.3) is 4.96 Å². The Kier molecular flexibility index (Phi) is 2.05. The van der Waals surface area contributed by atoms with E-state index in [0.717, 1.165) is 11.4 Å². The molecule has 0 radical (unpaired) electrons. The minimum absolute atomic E-state index is 0.108. The van der Waals surface area contributed by atoms with Crippen LogP contribution in [0.3, 0.4) is 0 Å². The summed E-state index contributed by atoms with van der Waals surface area (Å²) in [5, 5.41) is 8.99. The van der Waals surface area contributed by atoms with Crippen LogP contribution < -0.4 is 0 Å². The van der Waals surface area contributed by atoms with Crippen LogP contribution in [0.1, 0.15) is 48.8 Å². The topological polar surface area (TPSA) is 54.6 Å². The normalized spacial score (nSPS) is 20.2. The molecule has 0 fully saturated rings. The molecule has 0 unspecified atom stereocenters. The molecule has 2 heterocycles. The van der Waals surface area contributed by atoms with Gasteiger partial charge in [0.25, 0.3) is 0 Å². The second kappa shape index (κ2) is 3.15. The molecule has 18 heavy (non-hydrogen) atoms. The van der Waals surface area contributed by atoms with Crippen molar-refractivity contribution in [2.24, 2.45) is 5.41 Å². The minimum Gasteiger partial charge on any atom is -0.476 e. The van der Waals surface area contributed by atoms with E-state index in [1.807, 2.05) is 4.40 Å². The molecule has 1 N–H and O–H groups in total. The van der Waals surface area contributed by atoms with E-state index in [1.165, 1.54) is 10.6 Å². The van der Waals surface area contributed by atoms with Crippen LogP contribution in [0.4, 0.5) is 0 Å². The highest BCUT2D eigenvalue weighted by Gasteiger charge is 2.48. The SMILES string of the molecule is CC1(C)Cc2c(sc3nc(C(=O)O)cn23)C1(C)C. The van der Waals surface area contributed by atoms with E-state index in [0.29, 0.717) is 0 Å². The van der Waals surface area contributed by atoms with Crippen molar-refractivity contribution in [3.05, 3.63) is 22.5 Å². The molecule has 1 aliphatic rings. The highest BCUT2D eigenvalue weighted by Crippen LogP contribution is 2.53. The number of fused-ring (bicyclic) bond motifs is 3. The van der Waals surface area contributed by atoms with Gasteiger partial charge in [-0.3, -0.25) is 4.40 Å². The van der Waals surface area contributed by atoms with E-state index in [9.17, 15) is 4.79 Å². The fourth-order valence-corrected chi connectivity index (χ4v) is 4.00. The second-order valence-corrected chi connectivity index (χ2v) is 7.12. The zero-order valence-corrected chi connectivity index (χ0v) is 11.8. The van der Waals surface area contributed by atoms with Crippen molar-refractivity contribution in [3.8, 4) is 0 Å². The number of aromatic nitrogens is 2. The van der Waals surface area contributed by atoms with E-state index in [1.54, 1.807) is 17.5 Å². The molecule has 0 aliphatic heterocycles. The number of carbonyl (C=O) groups is 1. The maximum absolute atomic E-state index is 11.0. The van der Waals surface area contributed by atoms with Crippen LogP contribution >= 0.6 is 11.3 Å². The third-order valence-corrected chi connectivity index (χ3v) is 5.93. The van der Waals surface area contributed by atoms with Gasteiger partial charge >= 0.3 is 5.97 Å². The van der Waals surface area contributed by atoms with Crippen molar-refractivity contribution in [1.82, 2.24) is 9.38 Å². The van der Waals surface area contributed by atoms with E-state index >= 15 is 0 Å². The molecule has 1 aliphatic carbocycles. The number of thiazole rings is 1. The molecule has 2 aromatic heterocycles. The molecule has 4 nitrogen and oxygen atoms in total. The monoisotopic (exact) mass is 264 g/mol. The first-order chi connectivity index (χ1) is 8.24. The lowest BCUT2D eigenvalue weighted by atomic mass is 9.71. The summed E-state index contributed by atoms with van der Waals surface area (Å²) >= 11 is 1.62. The van der Waals surface area contributed by atoms with Gasteiger partial charge in [0.2, 0.25) is 0 Å². The summed E-state index contributed by atoms with van der Waals surface area (Å²) in [5.41, 5.74) is 1.66. The predicted molar refractivity (Wildman–Crippen MR) is 70.5 cm³/mol. The smallest absolute Gasteiger partial charge is 0.356 e. The number of rotatable bonds is 1. The molecule has 5 heteroatoms. The van der Waals surface area contributed by atoms with Crippen LogP contribution in [0.15, 0.2) is 6.20 Å². The minimum atomic E-state index is -0.962. The largest absolute Gasteiger partial charge is 0.476 e. The van der Waals surface area contributed by atoms with Crippen molar-refractivity contribution in [2.75, 3.05) is 0 Å². The summed E-state index contributed by atoms with van der Waals surface area (Å²) < 4.78 is 1.96. The summed E-state index contributed by atoms with van der Waals surface area (Å²) in [5.74, 6) is -0.962. The summed E-state index contributed by atoms with van der Waals surface area (Å²) in [6.45, 7) is 9.04. The van der Waals surface area contributed by atoms with Crippen LogP contribution in [-0.4, -0.2) is 20.5 Å². The van der Waals surface area contributed by atoms with Gasteiger partial charge in [-0.15, -0.1) is 11.3 Å². The number of hydrogen-bond donors (Lipinski definition) is 1.